The highest BCUT2D eigenvalue weighted by molar-refractivity contribution is 14.0. The predicted octanol–water partition coefficient (Wildman–Crippen LogP) is 5.28. The van der Waals surface area contributed by atoms with Gasteiger partial charge in [-0.3, -0.25) is 4.98 Å². The van der Waals surface area contributed by atoms with E-state index in [1.54, 1.807) is 37.7 Å². The van der Waals surface area contributed by atoms with Gasteiger partial charge in [0.1, 0.15) is 5.75 Å². The van der Waals surface area contributed by atoms with Gasteiger partial charge >= 0.3 is 0 Å². The van der Waals surface area contributed by atoms with Crippen LogP contribution in [0.5, 0.6) is 11.5 Å². The Balaban J connectivity index is 0.00000363. The highest BCUT2D eigenvalue weighted by atomic mass is 127. The molecule has 176 valence electrons. The average molecular weight is 556 g/mol. The van der Waals surface area contributed by atoms with E-state index < -0.39 is 5.82 Å². The van der Waals surface area contributed by atoms with E-state index >= 15 is 0 Å². The lowest BCUT2D eigenvalue weighted by Gasteiger charge is -2.30. The van der Waals surface area contributed by atoms with Gasteiger partial charge < -0.3 is 20.1 Å². The summed E-state index contributed by atoms with van der Waals surface area (Å²) in [5.74, 6) is 1.01. The van der Waals surface area contributed by atoms with E-state index in [0.29, 0.717) is 12.3 Å². The molecule has 3 rings (SSSR count). The lowest BCUT2D eigenvalue weighted by Crippen LogP contribution is -2.43. The molecule has 8 heteroatoms. The van der Waals surface area contributed by atoms with Crippen LogP contribution < -0.4 is 15.4 Å². The van der Waals surface area contributed by atoms with Crippen molar-refractivity contribution in [1.29, 1.82) is 0 Å². The Kier molecular flexibility index (Phi) is 11.2. The molecule has 0 radical (unpaired) electrons. The molecule has 2 aromatic rings. The Hall–Kier alpha value is -1.94. The molecular formula is C24H34FIN4O2. The third kappa shape index (κ3) is 7.88. The van der Waals surface area contributed by atoms with E-state index in [4.69, 9.17) is 9.47 Å². The first-order valence-electron chi connectivity index (χ1n) is 11.0. The number of pyridine rings is 1. The number of hydrogen-bond donors (Lipinski definition) is 2. The number of aromatic nitrogens is 1. The summed E-state index contributed by atoms with van der Waals surface area (Å²) < 4.78 is 25.4. The van der Waals surface area contributed by atoms with Crippen LogP contribution in [0.3, 0.4) is 0 Å². The molecule has 1 heterocycles. The van der Waals surface area contributed by atoms with Gasteiger partial charge in [0.05, 0.1) is 12.7 Å². The highest BCUT2D eigenvalue weighted by Crippen LogP contribution is 2.40. The van der Waals surface area contributed by atoms with Crippen LogP contribution in [0.4, 0.5) is 4.39 Å². The lowest BCUT2D eigenvalue weighted by molar-refractivity contribution is 0.138. The Morgan fingerprint density at radius 1 is 1.22 bits per heavy atom. The topological polar surface area (TPSA) is 67.8 Å². The number of methoxy groups -OCH3 is 1. The second-order valence-electron chi connectivity index (χ2n) is 8.05. The van der Waals surface area contributed by atoms with Crippen LogP contribution >= 0.6 is 24.0 Å². The number of aliphatic imine (C=N–C) groups is 1. The first-order valence-corrected chi connectivity index (χ1v) is 11.0. The molecule has 32 heavy (non-hydrogen) atoms. The number of benzene rings is 1. The zero-order chi connectivity index (χ0) is 21.9. The van der Waals surface area contributed by atoms with E-state index in [1.165, 1.54) is 31.7 Å². The number of nitrogens with zero attached hydrogens (tertiary/aromatic N) is 2. The zero-order valence-electron chi connectivity index (χ0n) is 18.9. The number of ether oxygens (including phenoxy) is 2. The third-order valence-corrected chi connectivity index (χ3v) is 5.75. The van der Waals surface area contributed by atoms with Gasteiger partial charge in [0.15, 0.2) is 17.5 Å². The molecule has 0 unspecified atom stereocenters. The van der Waals surface area contributed by atoms with Crippen LogP contribution in [0.2, 0.25) is 0 Å². The van der Waals surface area contributed by atoms with Gasteiger partial charge in [-0.25, -0.2) is 9.38 Å². The van der Waals surface area contributed by atoms with Gasteiger partial charge in [0.25, 0.3) is 0 Å². The maximum atomic E-state index is 14.5. The molecule has 1 aromatic carbocycles. The second-order valence-corrected chi connectivity index (χ2v) is 8.05. The summed E-state index contributed by atoms with van der Waals surface area (Å²) in [6, 6.07) is 8.42. The molecule has 1 aliphatic carbocycles. The number of guanidine groups is 1. The van der Waals surface area contributed by atoms with Crippen molar-refractivity contribution < 1.29 is 13.9 Å². The van der Waals surface area contributed by atoms with Crippen molar-refractivity contribution in [3.05, 3.63) is 54.1 Å². The third-order valence-electron chi connectivity index (χ3n) is 5.75. The predicted molar refractivity (Wildman–Crippen MR) is 136 cm³/mol. The van der Waals surface area contributed by atoms with Gasteiger partial charge in [0, 0.05) is 33.0 Å². The van der Waals surface area contributed by atoms with E-state index in [9.17, 15) is 4.39 Å². The van der Waals surface area contributed by atoms with Crippen LogP contribution in [0.25, 0.3) is 0 Å². The molecule has 0 bridgehead atoms. The Morgan fingerprint density at radius 2 is 2.03 bits per heavy atom. The first kappa shape index (κ1) is 26.3. The maximum Gasteiger partial charge on any atom is 0.191 e. The summed E-state index contributed by atoms with van der Waals surface area (Å²) in [6.45, 7) is 4.84. The fourth-order valence-electron chi connectivity index (χ4n) is 4.00. The van der Waals surface area contributed by atoms with Crippen molar-refractivity contribution in [2.45, 2.75) is 45.6 Å². The van der Waals surface area contributed by atoms with Gasteiger partial charge in [-0.1, -0.05) is 18.9 Å². The van der Waals surface area contributed by atoms with Crippen LogP contribution in [-0.4, -0.2) is 37.7 Å². The molecule has 0 amide bonds. The number of nitrogens with one attached hydrogen (secondary N) is 2. The number of rotatable bonds is 10. The van der Waals surface area contributed by atoms with Crippen molar-refractivity contribution >= 4 is 29.9 Å². The fourth-order valence-corrected chi connectivity index (χ4v) is 4.00. The monoisotopic (exact) mass is 556 g/mol. The van der Waals surface area contributed by atoms with Crippen molar-refractivity contribution in [2.75, 3.05) is 26.8 Å². The molecule has 2 N–H and O–H groups in total. The Labute approximate surface area is 207 Å². The molecule has 0 atom stereocenters. The van der Waals surface area contributed by atoms with E-state index in [1.807, 2.05) is 13.0 Å². The Bertz CT molecular complexity index is 845. The number of hydrogen-bond acceptors (Lipinski definition) is 4. The lowest BCUT2D eigenvalue weighted by atomic mass is 9.83. The first-order chi connectivity index (χ1) is 15.1. The molecule has 1 aliphatic rings. The molecule has 1 saturated carbocycles. The van der Waals surface area contributed by atoms with E-state index in [-0.39, 0.29) is 35.1 Å². The SMILES string of the molecule is CCNC(=NCc1ccc(Oc2cccnc2)c(F)c1)NCC1(CCOC)CCCC1.I. The standard InChI is InChI=1S/C24H33FN4O2.HI/c1-3-27-23(29-18-24(12-14-30-2)10-4-5-11-24)28-16-19-8-9-22(21(25)15-19)31-20-7-6-13-26-17-20;/h6-9,13,15,17H,3-5,10-12,14,16,18H2,1-2H3,(H2,27,28,29);1H. The van der Waals surface area contributed by atoms with Crippen LogP contribution in [-0.2, 0) is 11.3 Å². The highest BCUT2D eigenvalue weighted by Gasteiger charge is 2.33. The van der Waals surface area contributed by atoms with Crippen LogP contribution in [0.1, 0.15) is 44.6 Å². The van der Waals surface area contributed by atoms with Gasteiger partial charge in [-0.15, -0.1) is 24.0 Å². The minimum Gasteiger partial charge on any atom is -0.453 e. The molecule has 1 fully saturated rings. The smallest absolute Gasteiger partial charge is 0.191 e. The summed E-state index contributed by atoms with van der Waals surface area (Å²) in [6.07, 6.45) is 9.22. The normalized spacial score (nSPS) is 15.2. The number of halogens is 2. The summed E-state index contributed by atoms with van der Waals surface area (Å²) >= 11 is 0. The maximum absolute atomic E-state index is 14.5. The van der Waals surface area contributed by atoms with Crippen LogP contribution in [0, 0.1) is 11.2 Å². The summed E-state index contributed by atoms with van der Waals surface area (Å²) in [4.78, 5) is 8.63. The minimum atomic E-state index is -0.418. The second kappa shape index (κ2) is 13.6. The van der Waals surface area contributed by atoms with Gasteiger partial charge in [-0.05, 0) is 61.4 Å². The molecule has 1 aromatic heterocycles. The Morgan fingerprint density at radius 3 is 2.69 bits per heavy atom. The zero-order valence-corrected chi connectivity index (χ0v) is 21.2. The summed E-state index contributed by atoms with van der Waals surface area (Å²) in [5, 5.41) is 6.79. The largest absolute Gasteiger partial charge is 0.453 e. The molecular weight excluding hydrogens is 522 g/mol. The van der Waals surface area contributed by atoms with Crippen molar-refractivity contribution in [1.82, 2.24) is 15.6 Å². The molecule has 6 nitrogen and oxygen atoms in total. The molecule has 0 aliphatic heterocycles. The van der Waals surface area contributed by atoms with Crippen molar-refractivity contribution in [3.63, 3.8) is 0 Å². The molecule has 0 spiro atoms. The summed E-state index contributed by atoms with van der Waals surface area (Å²) in [5.41, 5.74) is 1.05. The van der Waals surface area contributed by atoms with Crippen LogP contribution in [0.15, 0.2) is 47.7 Å². The molecule has 0 saturated heterocycles. The minimum absolute atomic E-state index is 0. The van der Waals surface area contributed by atoms with Gasteiger partial charge in [0.2, 0.25) is 0 Å². The quantitative estimate of drug-likeness (QED) is 0.237. The summed E-state index contributed by atoms with van der Waals surface area (Å²) in [7, 11) is 1.76. The van der Waals surface area contributed by atoms with Crippen molar-refractivity contribution in [2.24, 2.45) is 10.4 Å². The van der Waals surface area contributed by atoms with E-state index in [2.05, 4.69) is 20.6 Å². The average Bonchev–Trinajstić information content (AvgIpc) is 3.26. The van der Waals surface area contributed by atoms with E-state index in [0.717, 1.165) is 37.6 Å². The fraction of sp³-hybridized carbons (Fsp3) is 0.500. The van der Waals surface area contributed by atoms with Gasteiger partial charge in [-0.2, -0.15) is 0 Å². The van der Waals surface area contributed by atoms with Crippen molar-refractivity contribution in [3.8, 4) is 11.5 Å².